The second-order valence-corrected chi connectivity index (χ2v) is 13.7. The summed E-state index contributed by atoms with van der Waals surface area (Å²) in [4.78, 5) is 10.4. The lowest BCUT2D eigenvalue weighted by Gasteiger charge is -2.25. The van der Waals surface area contributed by atoms with Crippen molar-refractivity contribution in [1.82, 2.24) is 9.97 Å². The predicted octanol–water partition coefficient (Wildman–Crippen LogP) is 12.5. The molecule has 0 bridgehead atoms. The van der Waals surface area contributed by atoms with E-state index < -0.39 is 0 Å². The number of aromatic nitrogens is 2. The molecule has 0 aliphatic heterocycles. The smallest absolute Gasteiger partial charge is 0.160 e. The molecule has 1 aliphatic rings. The SMILES string of the molecule is CC1(C)c2ccccc2-c2cccc(-c3ccc(-c4cc(-c5ccc6c(c5)oc5ccccc56)nc(-c5ccccc5)n4)c4ccccc34)c21. The Morgan fingerprint density at radius 2 is 1.04 bits per heavy atom. The fourth-order valence-corrected chi connectivity index (χ4v) is 8.16. The maximum absolute atomic E-state index is 6.28. The Bertz CT molecular complexity index is 2790. The van der Waals surface area contributed by atoms with Crippen LogP contribution in [0.25, 0.3) is 88.9 Å². The van der Waals surface area contributed by atoms with Gasteiger partial charge in [-0.15, -0.1) is 0 Å². The molecule has 0 radical (unpaired) electrons. The molecule has 3 nitrogen and oxygen atoms in total. The summed E-state index contributed by atoms with van der Waals surface area (Å²) in [7, 11) is 0. The first-order valence-corrected chi connectivity index (χ1v) is 17.2. The summed E-state index contributed by atoms with van der Waals surface area (Å²) in [5.74, 6) is 0.691. The molecule has 2 heterocycles. The highest BCUT2D eigenvalue weighted by Crippen LogP contribution is 2.53. The highest BCUT2D eigenvalue weighted by atomic mass is 16.3. The van der Waals surface area contributed by atoms with E-state index in [1.165, 1.54) is 38.8 Å². The molecule has 0 saturated heterocycles. The molecule has 0 unspecified atom stereocenters. The first kappa shape index (κ1) is 28.7. The van der Waals surface area contributed by atoms with Gasteiger partial charge in [-0.25, -0.2) is 9.97 Å². The molecule has 236 valence electrons. The number of rotatable bonds is 4. The third-order valence-corrected chi connectivity index (χ3v) is 10.5. The summed E-state index contributed by atoms with van der Waals surface area (Å²) in [5.41, 5.74) is 14.3. The highest BCUT2D eigenvalue weighted by Gasteiger charge is 2.37. The standard InChI is InChI=1S/C47H32N2O/c1-47(2)40-21-10-8-17-34(40)39-20-12-19-38(45(39)47)33-25-26-35(32-16-7-6-15-31(32)33)42-28-41(48-46(49-42)29-13-4-3-5-14-29)30-23-24-37-36-18-9-11-22-43(36)50-44(37)27-30/h3-28H,1-2H3. The first-order valence-electron chi connectivity index (χ1n) is 17.2. The number of nitrogens with zero attached hydrogens (tertiary/aromatic N) is 2. The quantitative estimate of drug-likeness (QED) is 0.192. The van der Waals surface area contributed by atoms with Crippen LogP contribution in [-0.4, -0.2) is 9.97 Å². The average molecular weight is 641 g/mol. The van der Waals surface area contributed by atoms with Crippen molar-refractivity contribution in [3.63, 3.8) is 0 Å². The van der Waals surface area contributed by atoms with Crippen LogP contribution in [0.2, 0.25) is 0 Å². The summed E-state index contributed by atoms with van der Waals surface area (Å²) in [6, 6.07) is 55.8. The fourth-order valence-electron chi connectivity index (χ4n) is 8.16. The van der Waals surface area contributed by atoms with E-state index in [4.69, 9.17) is 14.4 Å². The van der Waals surface area contributed by atoms with Gasteiger partial charge < -0.3 is 4.42 Å². The van der Waals surface area contributed by atoms with E-state index in [9.17, 15) is 0 Å². The van der Waals surface area contributed by atoms with Gasteiger partial charge in [-0.05, 0) is 68.4 Å². The molecular weight excluding hydrogens is 609 g/mol. The zero-order valence-corrected chi connectivity index (χ0v) is 27.8. The van der Waals surface area contributed by atoms with Crippen LogP contribution in [0.3, 0.4) is 0 Å². The van der Waals surface area contributed by atoms with Gasteiger partial charge in [0.15, 0.2) is 5.82 Å². The summed E-state index contributed by atoms with van der Waals surface area (Å²) in [6.07, 6.45) is 0. The van der Waals surface area contributed by atoms with E-state index in [2.05, 4.69) is 141 Å². The van der Waals surface area contributed by atoms with Crippen LogP contribution in [-0.2, 0) is 5.41 Å². The third kappa shape index (κ3) is 4.30. The maximum atomic E-state index is 6.28. The van der Waals surface area contributed by atoms with Crippen molar-refractivity contribution in [2.45, 2.75) is 19.3 Å². The van der Waals surface area contributed by atoms with Crippen molar-refractivity contribution >= 4 is 32.7 Å². The van der Waals surface area contributed by atoms with Gasteiger partial charge in [0.2, 0.25) is 0 Å². The van der Waals surface area contributed by atoms with Crippen molar-refractivity contribution in [1.29, 1.82) is 0 Å². The zero-order chi connectivity index (χ0) is 33.4. The van der Waals surface area contributed by atoms with Gasteiger partial charge in [-0.1, -0.05) is 147 Å². The number of furan rings is 1. The summed E-state index contributed by atoms with van der Waals surface area (Å²) in [5, 5.41) is 4.58. The zero-order valence-electron chi connectivity index (χ0n) is 27.8. The van der Waals surface area contributed by atoms with Crippen LogP contribution in [0.4, 0.5) is 0 Å². The van der Waals surface area contributed by atoms with Gasteiger partial charge >= 0.3 is 0 Å². The Morgan fingerprint density at radius 3 is 1.88 bits per heavy atom. The van der Waals surface area contributed by atoms with E-state index in [0.29, 0.717) is 5.82 Å². The summed E-state index contributed by atoms with van der Waals surface area (Å²) in [6.45, 7) is 4.71. The number of benzene rings is 7. The molecule has 0 fully saturated rings. The minimum absolute atomic E-state index is 0.116. The molecule has 0 N–H and O–H groups in total. The molecular formula is C47H32N2O. The normalized spacial score (nSPS) is 13.2. The Hall–Kier alpha value is -6.32. The minimum atomic E-state index is -0.116. The average Bonchev–Trinajstić information content (AvgIpc) is 3.66. The van der Waals surface area contributed by atoms with Crippen LogP contribution in [0, 0.1) is 0 Å². The van der Waals surface area contributed by atoms with Crippen LogP contribution in [0.5, 0.6) is 0 Å². The lowest BCUT2D eigenvalue weighted by Crippen LogP contribution is -2.16. The van der Waals surface area contributed by atoms with Crippen LogP contribution < -0.4 is 0 Å². The maximum Gasteiger partial charge on any atom is 0.160 e. The Labute approximate surface area is 290 Å². The van der Waals surface area contributed by atoms with Gasteiger partial charge in [0.1, 0.15) is 11.2 Å². The van der Waals surface area contributed by atoms with Crippen molar-refractivity contribution in [2.75, 3.05) is 0 Å². The molecule has 9 aromatic rings. The number of hydrogen-bond donors (Lipinski definition) is 0. The van der Waals surface area contributed by atoms with Crippen molar-refractivity contribution < 1.29 is 4.42 Å². The minimum Gasteiger partial charge on any atom is -0.456 e. The Morgan fingerprint density at radius 1 is 0.420 bits per heavy atom. The fraction of sp³-hybridized carbons (Fsp3) is 0.0638. The van der Waals surface area contributed by atoms with E-state index in [1.807, 2.05) is 30.3 Å². The molecule has 7 aromatic carbocycles. The van der Waals surface area contributed by atoms with E-state index >= 15 is 0 Å². The van der Waals surface area contributed by atoms with Crippen molar-refractivity contribution in [3.8, 4) is 56.2 Å². The topological polar surface area (TPSA) is 38.9 Å². The lowest BCUT2D eigenvalue weighted by molar-refractivity contribution is 0.662. The molecule has 10 rings (SSSR count). The first-order chi connectivity index (χ1) is 24.5. The number of hydrogen-bond acceptors (Lipinski definition) is 3. The summed E-state index contributed by atoms with van der Waals surface area (Å²) < 4.78 is 6.28. The molecule has 3 heteroatoms. The molecule has 50 heavy (non-hydrogen) atoms. The number of fused-ring (bicyclic) bond motifs is 7. The number of para-hydroxylation sites is 1. The van der Waals surface area contributed by atoms with Gasteiger partial charge in [-0.2, -0.15) is 0 Å². The van der Waals surface area contributed by atoms with Crippen LogP contribution >= 0.6 is 0 Å². The predicted molar refractivity (Wildman–Crippen MR) is 206 cm³/mol. The molecule has 2 aromatic heterocycles. The molecule has 0 amide bonds. The van der Waals surface area contributed by atoms with E-state index in [1.54, 1.807) is 0 Å². The van der Waals surface area contributed by atoms with Gasteiger partial charge in [0.25, 0.3) is 0 Å². The second kappa shape index (κ2) is 10.8. The van der Waals surface area contributed by atoms with Gasteiger partial charge in [0, 0.05) is 32.9 Å². The third-order valence-electron chi connectivity index (χ3n) is 10.5. The van der Waals surface area contributed by atoms with Gasteiger partial charge in [-0.3, -0.25) is 0 Å². The van der Waals surface area contributed by atoms with Crippen LogP contribution in [0.1, 0.15) is 25.0 Å². The molecule has 1 aliphatic carbocycles. The molecule has 0 saturated carbocycles. The monoisotopic (exact) mass is 640 g/mol. The van der Waals surface area contributed by atoms with E-state index in [0.717, 1.165) is 55.4 Å². The summed E-state index contributed by atoms with van der Waals surface area (Å²) >= 11 is 0. The van der Waals surface area contributed by atoms with Crippen molar-refractivity contribution in [3.05, 3.63) is 169 Å². The largest absolute Gasteiger partial charge is 0.456 e. The van der Waals surface area contributed by atoms with E-state index in [-0.39, 0.29) is 5.41 Å². The molecule has 0 atom stereocenters. The lowest BCUT2D eigenvalue weighted by atomic mass is 9.78. The van der Waals surface area contributed by atoms with Crippen LogP contribution in [0.15, 0.2) is 162 Å². The second-order valence-electron chi connectivity index (χ2n) is 13.7. The Kier molecular flexibility index (Phi) is 6.22. The molecule has 0 spiro atoms. The Balaban J connectivity index is 1.17. The highest BCUT2D eigenvalue weighted by molar-refractivity contribution is 6.07. The van der Waals surface area contributed by atoms with Gasteiger partial charge in [0.05, 0.1) is 11.4 Å². The van der Waals surface area contributed by atoms with Crippen molar-refractivity contribution in [2.24, 2.45) is 0 Å².